The second-order valence-electron chi connectivity index (χ2n) is 5.90. The Morgan fingerprint density at radius 2 is 2.07 bits per heavy atom. The smallest absolute Gasteiger partial charge is 0.527 e. The van der Waals surface area contributed by atoms with Crippen LogP contribution in [0.4, 0.5) is 0 Å². The van der Waals surface area contributed by atoms with E-state index in [0.29, 0.717) is 0 Å². The highest BCUT2D eigenvalue weighted by molar-refractivity contribution is 7.47. The van der Waals surface area contributed by atoms with Crippen molar-refractivity contribution in [2.75, 3.05) is 6.61 Å². The number of ether oxygens (including phenoxy) is 1. The molecule has 0 spiro atoms. The lowest BCUT2D eigenvalue weighted by Crippen LogP contribution is -2.37. The van der Waals surface area contributed by atoms with Gasteiger partial charge in [-0.05, 0) is 24.1 Å². The predicted molar refractivity (Wildman–Crippen MR) is 96.7 cm³/mol. The van der Waals surface area contributed by atoms with E-state index >= 15 is 0 Å². The van der Waals surface area contributed by atoms with Crippen LogP contribution in [0.5, 0.6) is 11.6 Å². The van der Waals surface area contributed by atoms with E-state index in [1.54, 1.807) is 0 Å². The number of aliphatic hydroxyl groups is 2. The summed E-state index contributed by atoms with van der Waals surface area (Å²) in [5.74, 6) is -1.04. The van der Waals surface area contributed by atoms with E-state index in [9.17, 15) is 29.6 Å². The van der Waals surface area contributed by atoms with Crippen molar-refractivity contribution in [2.24, 2.45) is 0 Å². The molecule has 11 nitrogen and oxygen atoms in total. The number of aliphatic hydroxyl groups excluding tert-OH is 2. The van der Waals surface area contributed by atoms with Gasteiger partial charge < -0.3 is 24.6 Å². The zero-order valence-corrected chi connectivity index (χ0v) is 16.7. The summed E-state index contributed by atoms with van der Waals surface area (Å²) in [5, 5.41) is 31.2. The Balaban J connectivity index is 1.82. The molecule has 0 aliphatic carbocycles. The third kappa shape index (κ3) is 4.90. The Morgan fingerprint density at radius 1 is 1.34 bits per heavy atom. The van der Waals surface area contributed by atoms with Crippen molar-refractivity contribution < 1.29 is 38.6 Å². The summed E-state index contributed by atoms with van der Waals surface area (Å²) in [5.41, 5.74) is -1.02. The lowest BCUT2D eigenvalue weighted by molar-refractivity contribution is -0.275. The fourth-order valence-electron chi connectivity index (χ4n) is 2.66. The SMILES string of the molecule is O=c1nc([O-])ccn1[C@@H]1O[C@H](CO)[C@@H](OP(=O)(O)Oc2cc(Cl)ccc2Cl)[C@H]1O. The minimum atomic E-state index is -4.88. The maximum Gasteiger partial charge on any atom is 0.527 e. The fourth-order valence-corrected chi connectivity index (χ4v) is 4.05. The van der Waals surface area contributed by atoms with E-state index in [-0.39, 0.29) is 15.8 Å². The van der Waals surface area contributed by atoms with E-state index in [1.165, 1.54) is 18.2 Å². The van der Waals surface area contributed by atoms with Gasteiger partial charge in [0.05, 0.1) is 11.6 Å². The van der Waals surface area contributed by atoms with Gasteiger partial charge in [0.15, 0.2) is 12.0 Å². The second-order valence-corrected chi connectivity index (χ2v) is 8.07. The summed E-state index contributed by atoms with van der Waals surface area (Å²) < 4.78 is 28.4. The number of phosphoric acid groups is 1. The number of phosphoric ester groups is 1. The molecule has 29 heavy (non-hydrogen) atoms. The van der Waals surface area contributed by atoms with Crippen LogP contribution in [0.25, 0.3) is 0 Å². The summed E-state index contributed by atoms with van der Waals surface area (Å²) in [4.78, 5) is 25.1. The summed E-state index contributed by atoms with van der Waals surface area (Å²) in [6.07, 6.45) is -4.97. The number of hydrogen-bond donors (Lipinski definition) is 3. The lowest BCUT2D eigenvalue weighted by atomic mass is 10.1. The third-order valence-electron chi connectivity index (χ3n) is 3.93. The third-order valence-corrected chi connectivity index (χ3v) is 5.41. The standard InChI is InChI=1S/C15H15Cl2N2O9P/c16-7-1-2-8(17)9(5-7)27-29(24,25)28-13-10(6-20)26-14(12(13)22)19-4-3-11(21)18-15(19)23/h1-5,10,12-14,20,22H,6H2,(H,24,25)(H,18,21,23)/p-1/t10-,12-,13-,14-/m1/s1. The average Bonchev–Trinajstić information content (AvgIpc) is 2.93. The minimum absolute atomic E-state index is 0.0255. The highest BCUT2D eigenvalue weighted by Crippen LogP contribution is 2.50. The van der Waals surface area contributed by atoms with Gasteiger partial charge in [0.25, 0.3) is 0 Å². The predicted octanol–water partition coefficient (Wildman–Crippen LogP) is 0.439. The van der Waals surface area contributed by atoms with Crippen LogP contribution in [0, 0.1) is 0 Å². The van der Waals surface area contributed by atoms with Crippen LogP contribution < -0.4 is 15.3 Å². The number of nitrogens with zero attached hydrogens (tertiary/aromatic N) is 2. The molecule has 1 aliphatic rings. The molecule has 1 unspecified atom stereocenters. The van der Waals surface area contributed by atoms with Gasteiger partial charge in [0, 0.05) is 17.3 Å². The van der Waals surface area contributed by atoms with Gasteiger partial charge in [-0.25, -0.2) is 14.3 Å². The zero-order valence-electron chi connectivity index (χ0n) is 14.3. The van der Waals surface area contributed by atoms with Gasteiger partial charge in [-0.2, -0.15) is 0 Å². The quantitative estimate of drug-likeness (QED) is 0.507. The lowest BCUT2D eigenvalue weighted by Gasteiger charge is -2.23. The molecule has 0 radical (unpaired) electrons. The average molecular weight is 468 g/mol. The molecule has 3 N–H and O–H groups in total. The fraction of sp³-hybridized carbons (Fsp3) is 0.333. The maximum atomic E-state index is 12.4. The Kier molecular flexibility index (Phi) is 6.51. The molecule has 0 bridgehead atoms. The highest BCUT2D eigenvalue weighted by atomic mass is 35.5. The Labute approximate surface area is 173 Å². The van der Waals surface area contributed by atoms with E-state index in [0.717, 1.165) is 16.8 Å². The Hall–Kier alpha value is -1.69. The van der Waals surface area contributed by atoms with Gasteiger partial charge in [-0.1, -0.05) is 23.2 Å². The van der Waals surface area contributed by atoms with Crippen molar-refractivity contribution in [3.8, 4) is 11.6 Å². The summed E-state index contributed by atoms with van der Waals surface area (Å²) in [7, 11) is -4.88. The second kappa shape index (κ2) is 8.58. The van der Waals surface area contributed by atoms with Crippen LogP contribution in [0.15, 0.2) is 35.3 Å². The first-order valence-electron chi connectivity index (χ1n) is 7.98. The van der Waals surface area contributed by atoms with Gasteiger partial charge in [-0.3, -0.25) is 14.0 Å². The number of hydrogen-bond acceptors (Lipinski definition) is 9. The molecular formula is C15H14Cl2N2O9P-. The van der Waals surface area contributed by atoms with Crippen LogP contribution >= 0.6 is 31.0 Å². The monoisotopic (exact) mass is 467 g/mol. The summed E-state index contributed by atoms with van der Waals surface area (Å²) in [6.45, 7) is -0.724. The molecule has 3 rings (SSSR count). The molecule has 14 heteroatoms. The van der Waals surface area contributed by atoms with Crippen LogP contribution in [0.1, 0.15) is 6.23 Å². The molecule has 2 heterocycles. The molecule has 1 fully saturated rings. The van der Waals surface area contributed by atoms with Crippen molar-refractivity contribution in [3.63, 3.8) is 0 Å². The van der Waals surface area contributed by atoms with E-state index in [4.69, 9.17) is 37.0 Å². The van der Waals surface area contributed by atoms with E-state index in [1.807, 2.05) is 0 Å². The number of benzene rings is 1. The molecule has 1 aromatic heterocycles. The normalized spacial score (nSPS) is 26.2. The molecule has 0 amide bonds. The first kappa shape index (κ1) is 22.0. The molecule has 1 aliphatic heterocycles. The Morgan fingerprint density at radius 3 is 2.72 bits per heavy atom. The van der Waals surface area contributed by atoms with Crippen LogP contribution in [0.2, 0.25) is 10.0 Å². The van der Waals surface area contributed by atoms with Crippen molar-refractivity contribution in [2.45, 2.75) is 24.5 Å². The Bertz CT molecular complexity index is 1000. The maximum absolute atomic E-state index is 12.4. The summed E-state index contributed by atoms with van der Waals surface area (Å²) in [6, 6.07) is 4.90. The van der Waals surface area contributed by atoms with Crippen molar-refractivity contribution >= 4 is 31.0 Å². The van der Waals surface area contributed by atoms with Crippen LogP contribution in [0.3, 0.4) is 0 Å². The molecule has 0 saturated carbocycles. The summed E-state index contributed by atoms with van der Waals surface area (Å²) >= 11 is 11.7. The molecule has 1 saturated heterocycles. The molecular weight excluding hydrogens is 454 g/mol. The van der Waals surface area contributed by atoms with Crippen molar-refractivity contribution in [1.82, 2.24) is 9.55 Å². The van der Waals surface area contributed by atoms with Crippen molar-refractivity contribution in [3.05, 3.63) is 51.0 Å². The van der Waals surface area contributed by atoms with Crippen LogP contribution in [-0.4, -0.2) is 49.6 Å². The molecule has 158 valence electrons. The van der Waals surface area contributed by atoms with Gasteiger partial charge >= 0.3 is 13.5 Å². The minimum Gasteiger partial charge on any atom is -0.858 e. The number of aromatic nitrogens is 2. The highest BCUT2D eigenvalue weighted by Gasteiger charge is 2.49. The zero-order chi connectivity index (χ0) is 21.3. The topological polar surface area (TPSA) is 163 Å². The van der Waals surface area contributed by atoms with Crippen molar-refractivity contribution in [1.29, 1.82) is 0 Å². The van der Waals surface area contributed by atoms with E-state index < -0.39 is 50.5 Å². The van der Waals surface area contributed by atoms with Gasteiger partial charge in [-0.15, -0.1) is 0 Å². The van der Waals surface area contributed by atoms with Gasteiger partial charge in [0.2, 0.25) is 0 Å². The van der Waals surface area contributed by atoms with Gasteiger partial charge in [0.1, 0.15) is 18.3 Å². The number of rotatable bonds is 6. The molecule has 1 aromatic carbocycles. The number of halogens is 2. The van der Waals surface area contributed by atoms with E-state index in [2.05, 4.69) is 4.98 Å². The first-order chi connectivity index (χ1) is 13.6. The van der Waals surface area contributed by atoms with Crippen LogP contribution in [-0.2, 0) is 13.8 Å². The molecule has 5 atom stereocenters. The first-order valence-corrected chi connectivity index (χ1v) is 10.2. The largest absolute Gasteiger partial charge is 0.858 e. The molecule has 2 aromatic rings.